The molecule has 0 saturated carbocycles. The molecule has 14 heavy (non-hydrogen) atoms. The van der Waals surface area contributed by atoms with Crippen molar-refractivity contribution in [3.8, 4) is 0 Å². The van der Waals surface area contributed by atoms with E-state index in [1.807, 2.05) is 18.7 Å². The monoisotopic (exact) mass is 311 g/mol. The van der Waals surface area contributed by atoms with Crippen LogP contribution in [0.25, 0.3) is 0 Å². The molecule has 78 valence electrons. The average molecular weight is 311 g/mol. The molecule has 1 nitrogen and oxygen atoms in total. The lowest BCUT2D eigenvalue weighted by atomic mass is 10.2. The van der Waals surface area contributed by atoms with E-state index in [0.717, 1.165) is 13.1 Å². The molecule has 0 atom stereocenters. The van der Waals surface area contributed by atoms with Crippen LogP contribution in [0.4, 0.5) is 14.5 Å². The van der Waals surface area contributed by atoms with Gasteiger partial charge in [-0.15, -0.1) is 0 Å². The molecule has 0 radical (unpaired) electrons. The van der Waals surface area contributed by atoms with Crippen molar-refractivity contribution in [1.82, 2.24) is 0 Å². The second-order valence-electron chi connectivity index (χ2n) is 2.90. The number of nitrogens with zero attached hydrogens (tertiary/aromatic N) is 1. The van der Waals surface area contributed by atoms with E-state index in [9.17, 15) is 8.78 Å². The smallest absolute Gasteiger partial charge is 0.141 e. The number of benzene rings is 1. The third-order valence-electron chi connectivity index (χ3n) is 2.10. The number of hydrogen-bond donors (Lipinski definition) is 0. The minimum Gasteiger partial charge on any atom is -0.372 e. The highest BCUT2D eigenvalue weighted by atomic mass is 127. The molecule has 0 aliphatic heterocycles. The summed E-state index contributed by atoms with van der Waals surface area (Å²) in [6, 6.07) is 2.75. The van der Waals surface area contributed by atoms with E-state index in [2.05, 4.69) is 0 Å². The summed E-state index contributed by atoms with van der Waals surface area (Å²) < 4.78 is 26.5. The van der Waals surface area contributed by atoms with Gasteiger partial charge in [0.2, 0.25) is 0 Å². The minimum absolute atomic E-state index is 0.0542. The lowest BCUT2D eigenvalue weighted by molar-refractivity contribution is 0.569. The first-order valence-electron chi connectivity index (χ1n) is 4.49. The Morgan fingerprint density at radius 2 is 1.57 bits per heavy atom. The van der Waals surface area contributed by atoms with E-state index in [-0.39, 0.29) is 3.57 Å². The second-order valence-corrected chi connectivity index (χ2v) is 3.97. The standard InChI is InChI=1S/C10H12F2IN/c1-3-14(4-2)7-5-8(11)10(13)9(12)6-7/h5-6H,3-4H2,1-2H3. The highest BCUT2D eigenvalue weighted by Gasteiger charge is 2.10. The fourth-order valence-electron chi connectivity index (χ4n) is 1.31. The van der Waals surface area contributed by atoms with Crippen molar-refractivity contribution in [1.29, 1.82) is 0 Å². The van der Waals surface area contributed by atoms with Gasteiger partial charge in [-0.05, 0) is 48.6 Å². The van der Waals surface area contributed by atoms with Gasteiger partial charge in [-0.25, -0.2) is 8.78 Å². The predicted molar refractivity (Wildman–Crippen MR) is 62.6 cm³/mol. The van der Waals surface area contributed by atoms with Crippen molar-refractivity contribution in [2.24, 2.45) is 0 Å². The molecule has 0 N–H and O–H groups in total. The Balaban J connectivity index is 3.11. The fraction of sp³-hybridized carbons (Fsp3) is 0.400. The largest absolute Gasteiger partial charge is 0.372 e. The van der Waals surface area contributed by atoms with Crippen LogP contribution in [-0.2, 0) is 0 Å². The summed E-state index contributed by atoms with van der Waals surface area (Å²) in [7, 11) is 0. The molecule has 1 aromatic carbocycles. The van der Waals surface area contributed by atoms with Gasteiger partial charge in [0.15, 0.2) is 0 Å². The second kappa shape index (κ2) is 4.91. The summed E-state index contributed by atoms with van der Waals surface area (Å²) in [4.78, 5) is 1.90. The molecule has 1 rings (SSSR count). The van der Waals surface area contributed by atoms with Crippen molar-refractivity contribution < 1.29 is 8.78 Å². The normalized spacial score (nSPS) is 10.4. The summed E-state index contributed by atoms with van der Waals surface area (Å²) >= 11 is 1.66. The van der Waals surface area contributed by atoms with Crippen molar-refractivity contribution >= 4 is 28.3 Å². The Labute approximate surface area is 96.2 Å². The van der Waals surface area contributed by atoms with Gasteiger partial charge >= 0.3 is 0 Å². The van der Waals surface area contributed by atoms with E-state index >= 15 is 0 Å². The Morgan fingerprint density at radius 3 is 1.93 bits per heavy atom. The van der Waals surface area contributed by atoms with Crippen molar-refractivity contribution in [3.05, 3.63) is 27.3 Å². The molecule has 0 aromatic heterocycles. The molecule has 1 aromatic rings. The van der Waals surface area contributed by atoms with Gasteiger partial charge in [-0.2, -0.15) is 0 Å². The summed E-state index contributed by atoms with van der Waals surface area (Å²) in [5.74, 6) is -0.986. The summed E-state index contributed by atoms with van der Waals surface area (Å²) in [5, 5.41) is 0. The van der Waals surface area contributed by atoms with Gasteiger partial charge in [0.05, 0.1) is 3.57 Å². The van der Waals surface area contributed by atoms with Gasteiger partial charge in [0.25, 0.3) is 0 Å². The molecule has 0 aliphatic carbocycles. The Hall–Kier alpha value is -0.390. The van der Waals surface area contributed by atoms with Crippen molar-refractivity contribution in [2.45, 2.75) is 13.8 Å². The van der Waals surface area contributed by atoms with Crippen LogP contribution in [0.2, 0.25) is 0 Å². The van der Waals surface area contributed by atoms with E-state index < -0.39 is 11.6 Å². The number of halogens is 3. The quantitative estimate of drug-likeness (QED) is 0.611. The van der Waals surface area contributed by atoms with Crippen molar-refractivity contribution in [2.75, 3.05) is 18.0 Å². The zero-order valence-corrected chi connectivity index (χ0v) is 10.3. The van der Waals surface area contributed by atoms with Gasteiger partial charge in [-0.3, -0.25) is 0 Å². The van der Waals surface area contributed by atoms with E-state index in [4.69, 9.17) is 0 Å². The predicted octanol–water partition coefficient (Wildman–Crippen LogP) is 3.42. The first-order valence-corrected chi connectivity index (χ1v) is 5.57. The topological polar surface area (TPSA) is 3.24 Å². The van der Waals surface area contributed by atoms with Crippen LogP contribution in [0.1, 0.15) is 13.8 Å². The Morgan fingerprint density at radius 1 is 1.14 bits per heavy atom. The SMILES string of the molecule is CCN(CC)c1cc(F)c(I)c(F)c1. The van der Waals surface area contributed by atoms with Crippen LogP contribution in [0.15, 0.2) is 12.1 Å². The lowest BCUT2D eigenvalue weighted by Gasteiger charge is -2.21. The summed E-state index contributed by atoms with van der Waals surface area (Å²) in [5.41, 5.74) is 0.602. The maximum Gasteiger partial charge on any atom is 0.141 e. The molecule has 0 heterocycles. The molecule has 0 amide bonds. The molecular formula is C10H12F2IN. The highest BCUT2D eigenvalue weighted by molar-refractivity contribution is 14.1. The average Bonchev–Trinajstić information content (AvgIpc) is 2.16. The van der Waals surface area contributed by atoms with Crippen LogP contribution < -0.4 is 4.90 Å². The van der Waals surface area contributed by atoms with Gasteiger partial charge in [-0.1, -0.05) is 0 Å². The molecule has 0 bridgehead atoms. The first-order chi connectivity index (χ1) is 6.60. The van der Waals surface area contributed by atoms with E-state index in [1.54, 1.807) is 22.6 Å². The first kappa shape index (κ1) is 11.7. The van der Waals surface area contributed by atoms with Gasteiger partial charge in [0.1, 0.15) is 11.6 Å². The molecule has 0 spiro atoms. The number of anilines is 1. The fourth-order valence-corrected chi connectivity index (χ4v) is 1.62. The molecule has 0 fully saturated rings. The molecule has 0 unspecified atom stereocenters. The number of rotatable bonds is 3. The molecular weight excluding hydrogens is 299 g/mol. The molecule has 0 saturated heterocycles. The van der Waals surface area contributed by atoms with Gasteiger partial charge < -0.3 is 4.90 Å². The number of hydrogen-bond acceptors (Lipinski definition) is 1. The maximum absolute atomic E-state index is 13.2. The minimum atomic E-state index is -0.493. The van der Waals surface area contributed by atoms with Crippen LogP contribution in [0.5, 0.6) is 0 Å². The van der Waals surface area contributed by atoms with Crippen LogP contribution >= 0.6 is 22.6 Å². The highest BCUT2D eigenvalue weighted by Crippen LogP contribution is 2.22. The summed E-state index contributed by atoms with van der Waals surface area (Å²) in [6.07, 6.45) is 0. The third kappa shape index (κ3) is 2.34. The zero-order valence-electron chi connectivity index (χ0n) is 8.15. The van der Waals surface area contributed by atoms with E-state index in [0.29, 0.717) is 5.69 Å². The van der Waals surface area contributed by atoms with E-state index in [1.165, 1.54) is 12.1 Å². The lowest BCUT2D eigenvalue weighted by Crippen LogP contribution is -2.22. The van der Waals surface area contributed by atoms with Crippen LogP contribution in [0.3, 0.4) is 0 Å². The Kier molecular flexibility index (Phi) is 4.10. The zero-order chi connectivity index (χ0) is 10.7. The van der Waals surface area contributed by atoms with Crippen molar-refractivity contribution in [3.63, 3.8) is 0 Å². The summed E-state index contributed by atoms with van der Waals surface area (Å²) in [6.45, 7) is 5.40. The van der Waals surface area contributed by atoms with Gasteiger partial charge in [0, 0.05) is 18.8 Å². The molecule has 0 aliphatic rings. The molecule has 4 heteroatoms. The van der Waals surface area contributed by atoms with Crippen LogP contribution in [-0.4, -0.2) is 13.1 Å². The van der Waals surface area contributed by atoms with Crippen LogP contribution in [0, 0.1) is 15.2 Å². The Bertz CT molecular complexity index is 301. The maximum atomic E-state index is 13.2. The third-order valence-corrected chi connectivity index (χ3v) is 3.13.